The Morgan fingerprint density at radius 3 is 2.73 bits per heavy atom. The van der Waals surface area contributed by atoms with Crippen LogP contribution in [0.3, 0.4) is 0 Å². The molecule has 0 aromatic heterocycles. The highest BCUT2D eigenvalue weighted by Gasteiger charge is 2.32. The summed E-state index contributed by atoms with van der Waals surface area (Å²) in [5.74, 6) is 0.614. The Kier molecular flexibility index (Phi) is 8.70. The van der Waals surface area contributed by atoms with Crippen molar-refractivity contribution in [2.45, 2.75) is 57.2 Å². The van der Waals surface area contributed by atoms with Gasteiger partial charge in [0.05, 0.1) is 11.7 Å². The Morgan fingerprint density at radius 1 is 1.30 bits per heavy atom. The van der Waals surface area contributed by atoms with Gasteiger partial charge >= 0.3 is 0 Å². The number of amidine groups is 1. The van der Waals surface area contributed by atoms with Crippen molar-refractivity contribution in [3.8, 4) is 0 Å². The van der Waals surface area contributed by atoms with Crippen molar-refractivity contribution >= 4 is 17.6 Å². The van der Waals surface area contributed by atoms with Crippen molar-refractivity contribution < 1.29 is 14.3 Å². The van der Waals surface area contributed by atoms with E-state index in [1.807, 2.05) is 25.2 Å². The lowest BCUT2D eigenvalue weighted by Gasteiger charge is -2.38. The maximum atomic E-state index is 12.3. The molecule has 2 aliphatic heterocycles. The van der Waals surface area contributed by atoms with Crippen LogP contribution in [0.25, 0.3) is 0 Å². The van der Waals surface area contributed by atoms with Gasteiger partial charge in [-0.15, -0.1) is 0 Å². The van der Waals surface area contributed by atoms with E-state index in [4.69, 9.17) is 15.5 Å². The second-order valence-corrected chi connectivity index (χ2v) is 9.82. The number of nitrogens with two attached hydrogens (primary N) is 1. The fourth-order valence-corrected chi connectivity index (χ4v) is 4.93. The van der Waals surface area contributed by atoms with Gasteiger partial charge in [0, 0.05) is 37.9 Å². The van der Waals surface area contributed by atoms with Gasteiger partial charge in [0.1, 0.15) is 11.6 Å². The number of nitrogens with one attached hydrogen (secondary N) is 3. The number of carbonyl (C=O) groups is 2. The molecule has 3 atom stereocenters. The average molecular weight is 510 g/mol. The first-order valence-corrected chi connectivity index (χ1v) is 13.1. The van der Waals surface area contributed by atoms with E-state index in [9.17, 15) is 9.59 Å². The molecule has 0 saturated carbocycles. The van der Waals surface area contributed by atoms with Crippen LogP contribution >= 0.6 is 0 Å². The molecule has 200 valence electrons. The molecular weight excluding hydrogens is 470 g/mol. The zero-order valence-electron chi connectivity index (χ0n) is 21.8. The minimum absolute atomic E-state index is 0.138. The molecule has 4 rings (SSSR count). The molecule has 10 nitrogen and oxygen atoms in total. The third-order valence-electron chi connectivity index (χ3n) is 7.19. The number of hydrogen-bond acceptors (Lipinski definition) is 8. The number of amides is 2. The van der Waals surface area contributed by atoms with E-state index in [-0.39, 0.29) is 18.0 Å². The highest BCUT2D eigenvalue weighted by molar-refractivity contribution is 6.07. The zero-order chi connectivity index (χ0) is 26.4. The second kappa shape index (κ2) is 12.1. The third-order valence-corrected chi connectivity index (χ3v) is 7.19. The Morgan fingerprint density at radius 2 is 2.08 bits per heavy atom. The lowest BCUT2D eigenvalue weighted by Crippen LogP contribution is -2.56. The molecule has 1 fully saturated rings. The number of likely N-dealkylation sites (N-methyl/N-ethyl adjacent to an activating group) is 1. The van der Waals surface area contributed by atoms with Gasteiger partial charge in [-0.3, -0.25) is 9.59 Å². The van der Waals surface area contributed by atoms with E-state index in [0.717, 1.165) is 45.4 Å². The predicted molar refractivity (Wildman–Crippen MR) is 144 cm³/mol. The molecular formula is C27H39N7O3. The van der Waals surface area contributed by atoms with Crippen molar-refractivity contribution in [2.75, 3.05) is 33.2 Å². The summed E-state index contributed by atoms with van der Waals surface area (Å²) in [5, 5.41) is 9.57. The van der Waals surface area contributed by atoms with Gasteiger partial charge in [-0.25, -0.2) is 0 Å². The predicted octanol–water partition coefficient (Wildman–Crippen LogP) is 1.23. The Bertz CT molecular complexity index is 1050. The molecule has 37 heavy (non-hydrogen) atoms. The van der Waals surface area contributed by atoms with Crippen LogP contribution in [0.15, 0.2) is 65.0 Å². The topological polar surface area (TPSA) is 124 Å². The molecule has 2 heterocycles. The normalized spacial score (nSPS) is 26.4. The largest absolute Gasteiger partial charge is 0.440 e. The van der Waals surface area contributed by atoms with Gasteiger partial charge in [0.25, 0.3) is 0 Å². The number of primary amides is 1. The van der Waals surface area contributed by atoms with Gasteiger partial charge in [-0.1, -0.05) is 31.7 Å². The lowest BCUT2D eigenvalue weighted by molar-refractivity contribution is -0.118. The van der Waals surface area contributed by atoms with Crippen LogP contribution in [0.2, 0.25) is 0 Å². The van der Waals surface area contributed by atoms with Crippen molar-refractivity contribution in [3.63, 3.8) is 0 Å². The van der Waals surface area contributed by atoms with E-state index < -0.39 is 11.9 Å². The van der Waals surface area contributed by atoms with Gasteiger partial charge in [0.15, 0.2) is 6.04 Å². The average Bonchev–Trinajstić information content (AvgIpc) is 2.90. The molecule has 2 aliphatic carbocycles. The molecule has 0 spiro atoms. The lowest BCUT2D eigenvalue weighted by atomic mass is 9.97. The number of piperazine rings is 1. The third kappa shape index (κ3) is 6.62. The highest BCUT2D eigenvalue weighted by Crippen LogP contribution is 2.26. The standard InChI is InChI=1S/C27H39N7O3/c1-4-20-27(37-22-9-7-6-8-21(22)30-23(35)5-2)32-26(24(31-20)25(28)36)29-18-10-12-19(13-11-18)34-16-14-33(3)15-17-34/h5-7,9,12,18,21,24,31H,2,4,8,10-11,13-17H2,1,3H3,(H2,28,36)(H,29,32)(H,30,35). The Labute approximate surface area is 219 Å². The molecule has 3 unspecified atom stereocenters. The second-order valence-electron chi connectivity index (χ2n) is 9.82. The molecule has 10 heteroatoms. The smallest absolute Gasteiger partial charge is 0.247 e. The number of hydrogen-bond donors (Lipinski definition) is 4. The van der Waals surface area contributed by atoms with E-state index >= 15 is 0 Å². The SMILES string of the molecule is C=CC(=O)NC1CC=CC=C1OC1=C(CC)NC(C(N)=O)C(NC2CC=C(N3CCN(C)CC3)CC2)=N1. The fraction of sp³-hybridized carbons (Fsp3) is 0.519. The van der Waals surface area contributed by atoms with E-state index in [0.29, 0.717) is 36.0 Å². The van der Waals surface area contributed by atoms with Gasteiger partial charge < -0.3 is 36.2 Å². The Hall–Kier alpha value is -3.53. The number of ether oxygens (including phenoxy) is 1. The van der Waals surface area contributed by atoms with E-state index in [2.05, 4.69) is 45.5 Å². The first kappa shape index (κ1) is 26.5. The highest BCUT2D eigenvalue weighted by atomic mass is 16.5. The minimum Gasteiger partial charge on any atom is -0.440 e. The summed E-state index contributed by atoms with van der Waals surface area (Å²) in [6, 6.07) is -0.959. The molecule has 0 aromatic rings. The number of aliphatic imine (C=N–C) groups is 1. The van der Waals surface area contributed by atoms with Crippen LogP contribution < -0.4 is 21.7 Å². The summed E-state index contributed by atoms with van der Waals surface area (Å²) in [5.41, 5.74) is 7.83. The van der Waals surface area contributed by atoms with Gasteiger partial charge in [0.2, 0.25) is 17.7 Å². The molecule has 0 aromatic carbocycles. The summed E-state index contributed by atoms with van der Waals surface area (Å²) in [6.07, 6.45) is 13.1. The molecule has 0 bridgehead atoms. The van der Waals surface area contributed by atoms with Crippen molar-refractivity contribution in [3.05, 3.63) is 60.0 Å². The summed E-state index contributed by atoms with van der Waals surface area (Å²) in [6.45, 7) is 9.77. The van der Waals surface area contributed by atoms with E-state index in [1.165, 1.54) is 11.8 Å². The maximum Gasteiger partial charge on any atom is 0.247 e. The molecule has 5 N–H and O–H groups in total. The summed E-state index contributed by atoms with van der Waals surface area (Å²) in [4.78, 5) is 33.8. The van der Waals surface area contributed by atoms with Crippen LogP contribution in [-0.4, -0.2) is 78.8 Å². The van der Waals surface area contributed by atoms with Crippen LogP contribution in [0, 0.1) is 0 Å². The summed E-state index contributed by atoms with van der Waals surface area (Å²) in [7, 11) is 2.16. The number of carbonyl (C=O) groups excluding carboxylic acids is 2. The van der Waals surface area contributed by atoms with Crippen LogP contribution in [0.5, 0.6) is 0 Å². The number of allylic oxidation sites excluding steroid dienone is 4. The molecule has 0 radical (unpaired) electrons. The fourth-order valence-electron chi connectivity index (χ4n) is 4.93. The Balaban J connectivity index is 1.48. The molecule has 1 saturated heterocycles. The van der Waals surface area contributed by atoms with Gasteiger partial charge in [-0.05, 0) is 51.3 Å². The minimum atomic E-state index is -0.762. The van der Waals surface area contributed by atoms with Crippen molar-refractivity contribution in [2.24, 2.45) is 10.7 Å². The zero-order valence-corrected chi connectivity index (χ0v) is 21.8. The first-order valence-electron chi connectivity index (χ1n) is 13.1. The molecule has 4 aliphatic rings. The number of nitrogens with zero attached hydrogens (tertiary/aromatic N) is 3. The van der Waals surface area contributed by atoms with Crippen LogP contribution in [0.4, 0.5) is 0 Å². The van der Waals surface area contributed by atoms with Crippen LogP contribution in [-0.2, 0) is 14.3 Å². The first-order chi connectivity index (χ1) is 17.9. The molecule has 2 amide bonds. The van der Waals surface area contributed by atoms with Crippen LogP contribution in [0.1, 0.15) is 39.0 Å². The maximum absolute atomic E-state index is 12.3. The van der Waals surface area contributed by atoms with Gasteiger partial charge in [-0.2, -0.15) is 4.99 Å². The van der Waals surface area contributed by atoms with E-state index in [1.54, 1.807) is 0 Å². The number of rotatable bonds is 8. The van der Waals surface area contributed by atoms with Crippen molar-refractivity contribution in [1.29, 1.82) is 0 Å². The summed E-state index contributed by atoms with van der Waals surface area (Å²) < 4.78 is 6.22. The quantitative estimate of drug-likeness (QED) is 0.363. The monoisotopic (exact) mass is 509 g/mol. The summed E-state index contributed by atoms with van der Waals surface area (Å²) >= 11 is 0. The van der Waals surface area contributed by atoms with Crippen molar-refractivity contribution in [1.82, 2.24) is 25.8 Å².